The first-order valence-corrected chi connectivity index (χ1v) is 6.70. The zero-order valence-electron chi connectivity index (χ0n) is 11.5. The first-order chi connectivity index (χ1) is 9.24. The van der Waals surface area contributed by atoms with Gasteiger partial charge in [-0.25, -0.2) is 0 Å². The molecule has 0 heterocycles. The number of hydrogen-bond donors (Lipinski definition) is 0. The molecular formula is C19H20. The van der Waals surface area contributed by atoms with Crippen LogP contribution >= 0.6 is 0 Å². The Bertz CT molecular complexity index is 544. The second-order valence-electron chi connectivity index (χ2n) is 4.89. The molecule has 0 aliphatic heterocycles. The molecule has 0 saturated heterocycles. The fourth-order valence-corrected chi connectivity index (χ4v) is 1.92. The van der Waals surface area contributed by atoms with Crippen molar-refractivity contribution < 1.29 is 0 Å². The highest BCUT2D eigenvalue weighted by Gasteiger charge is 1.94. The molecule has 0 spiro atoms. The Morgan fingerprint density at radius 1 is 1.00 bits per heavy atom. The van der Waals surface area contributed by atoms with Crippen molar-refractivity contribution in [1.29, 1.82) is 0 Å². The molecule has 0 atom stereocenters. The second kappa shape index (κ2) is 6.75. The van der Waals surface area contributed by atoms with Gasteiger partial charge in [0.1, 0.15) is 0 Å². The van der Waals surface area contributed by atoms with Gasteiger partial charge in [-0.05, 0) is 30.9 Å². The molecule has 0 aliphatic rings. The first kappa shape index (κ1) is 13.4. The number of benzene rings is 2. The Morgan fingerprint density at radius 3 is 2.37 bits per heavy atom. The number of hydrogen-bond acceptors (Lipinski definition) is 0. The van der Waals surface area contributed by atoms with E-state index < -0.39 is 0 Å². The predicted octanol–water partition coefficient (Wildman–Crippen LogP) is 5.20. The van der Waals surface area contributed by atoms with Crippen molar-refractivity contribution in [3.63, 3.8) is 0 Å². The van der Waals surface area contributed by atoms with Crippen molar-refractivity contribution in [3.05, 3.63) is 89.5 Å². The fourth-order valence-electron chi connectivity index (χ4n) is 1.92. The van der Waals surface area contributed by atoms with Crippen LogP contribution < -0.4 is 0 Å². The highest BCUT2D eigenvalue weighted by atomic mass is 14.0. The molecule has 0 heteroatoms. The van der Waals surface area contributed by atoms with E-state index in [9.17, 15) is 0 Å². The Hall–Kier alpha value is -2.08. The van der Waals surface area contributed by atoms with Gasteiger partial charge in [0.05, 0.1) is 0 Å². The maximum atomic E-state index is 4.12. The quantitative estimate of drug-likeness (QED) is 0.638. The van der Waals surface area contributed by atoms with Gasteiger partial charge in [-0.2, -0.15) is 0 Å². The van der Waals surface area contributed by atoms with Crippen molar-refractivity contribution in [2.45, 2.75) is 19.8 Å². The molecular weight excluding hydrogens is 228 g/mol. The van der Waals surface area contributed by atoms with Gasteiger partial charge < -0.3 is 0 Å². The van der Waals surface area contributed by atoms with Crippen LogP contribution in [0, 0.1) is 6.92 Å². The molecule has 0 nitrogen and oxygen atoms in total. The number of allylic oxidation sites excluding steroid dienone is 2. The number of aryl methyl sites for hydroxylation is 2. The van der Waals surface area contributed by atoms with Crippen LogP contribution in [-0.2, 0) is 6.42 Å². The monoisotopic (exact) mass is 248 g/mol. The highest BCUT2D eigenvalue weighted by Crippen LogP contribution is 2.11. The van der Waals surface area contributed by atoms with E-state index in [1.165, 1.54) is 22.3 Å². The summed E-state index contributed by atoms with van der Waals surface area (Å²) in [5, 5.41) is 0. The maximum absolute atomic E-state index is 4.12. The Kier molecular flexibility index (Phi) is 4.74. The molecule has 0 unspecified atom stereocenters. The summed E-state index contributed by atoms with van der Waals surface area (Å²) in [6, 6.07) is 19.1. The maximum Gasteiger partial charge on any atom is -0.0238 e. The summed E-state index contributed by atoms with van der Waals surface area (Å²) in [7, 11) is 0. The van der Waals surface area contributed by atoms with Crippen molar-refractivity contribution in [2.24, 2.45) is 0 Å². The van der Waals surface area contributed by atoms with Crippen LogP contribution in [0.2, 0.25) is 0 Å². The van der Waals surface area contributed by atoms with Crippen LogP contribution in [0.4, 0.5) is 0 Å². The van der Waals surface area contributed by atoms with Crippen LogP contribution in [0.15, 0.2) is 72.8 Å². The van der Waals surface area contributed by atoms with Crippen molar-refractivity contribution >= 4 is 6.08 Å². The van der Waals surface area contributed by atoms with E-state index in [-0.39, 0.29) is 0 Å². The summed E-state index contributed by atoms with van der Waals surface area (Å²) in [6.45, 7) is 6.23. The second-order valence-corrected chi connectivity index (χ2v) is 4.89. The Balaban J connectivity index is 1.85. The van der Waals surface area contributed by atoms with Crippen LogP contribution in [0.3, 0.4) is 0 Å². The Labute approximate surface area is 116 Å². The van der Waals surface area contributed by atoms with Gasteiger partial charge >= 0.3 is 0 Å². The van der Waals surface area contributed by atoms with E-state index >= 15 is 0 Å². The highest BCUT2D eigenvalue weighted by molar-refractivity contribution is 5.52. The topological polar surface area (TPSA) is 0 Å². The fraction of sp³-hybridized carbons (Fsp3) is 0.158. The largest absolute Gasteiger partial charge is 0.0958 e. The summed E-state index contributed by atoms with van der Waals surface area (Å²) >= 11 is 0. The van der Waals surface area contributed by atoms with Gasteiger partial charge in [-0.3, -0.25) is 0 Å². The average molecular weight is 248 g/mol. The van der Waals surface area contributed by atoms with Crippen LogP contribution in [0.25, 0.3) is 6.08 Å². The van der Waals surface area contributed by atoms with Gasteiger partial charge in [-0.1, -0.05) is 84.5 Å². The third kappa shape index (κ3) is 4.59. The summed E-state index contributed by atoms with van der Waals surface area (Å²) in [4.78, 5) is 0. The normalized spacial score (nSPS) is 10.8. The molecule has 0 aromatic heterocycles. The van der Waals surface area contributed by atoms with Gasteiger partial charge in [0.25, 0.3) is 0 Å². The standard InChI is InChI=1S/C19H20/c1-16(8-12-18-6-4-3-5-7-18)9-13-19-14-10-17(2)11-15-19/h3-8,10-12,14-15H,1,9,13H2,2H3. The molecule has 0 amide bonds. The van der Waals surface area contributed by atoms with Crippen molar-refractivity contribution in [2.75, 3.05) is 0 Å². The van der Waals surface area contributed by atoms with Gasteiger partial charge in [-0.15, -0.1) is 0 Å². The van der Waals surface area contributed by atoms with E-state index in [4.69, 9.17) is 0 Å². The minimum absolute atomic E-state index is 1.01. The predicted molar refractivity (Wildman–Crippen MR) is 84.1 cm³/mol. The molecule has 0 saturated carbocycles. The zero-order valence-corrected chi connectivity index (χ0v) is 11.5. The molecule has 2 aromatic rings. The first-order valence-electron chi connectivity index (χ1n) is 6.70. The van der Waals surface area contributed by atoms with Crippen molar-refractivity contribution in [1.82, 2.24) is 0 Å². The Morgan fingerprint density at radius 2 is 1.68 bits per heavy atom. The minimum Gasteiger partial charge on any atom is -0.0958 e. The molecule has 2 rings (SSSR count). The van der Waals surface area contributed by atoms with Crippen LogP contribution in [-0.4, -0.2) is 0 Å². The van der Waals surface area contributed by atoms with E-state index in [0.717, 1.165) is 12.8 Å². The van der Waals surface area contributed by atoms with Gasteiger partial charge in [0.15, 0.2) is 0 Å². The average Bonchev–Trinajstić information content (AvgIpc) is 2.45. The summed E-state index contributed by atoms with van der Waals surface area (Å²) in [5.41, 5.74) is 5.08. The smallest absolute Gasteiger partial charge is 0.0238 e. The minimum atomic E-state index is 1.01. The molecule has 0 fully saturated rings. The van der Waals surface area contributed by atoms with E-state index in [1.54, 1.807) is 0 Å². The number of rotatable bonds is 5. The van der Waals surface area contributed by atoms with E-state index in [0.29, 0.717) is 0 Å². The van der Waals surface area contributed by atoms with E-state index in [1.807, 2.05) is 6.07 Å². The van der Waals surface area contributed by atoms with Crippen LogP contribution in [0.1, 0.15) is 23.1 Å². The molecule has 2 aromatic carbocycles. The third-order valence-electron chi connectivity index (χ3n) is 3.17. The summed E-state index contributed by atoms with van der Waals surface area (Å²) < 4.78 is 0. The summed E-state index contributed by atoms with van der Waals surface area (Å²) in [6.07, 6.45) is 6.30. The molecule has 0 bridgehead atoms. The lowest BCUT2D eigenvalue weighted by Gasteiger charge is -2.02. The zero-order chi connectivity index (χ0) is 13.5. The SMILES string of the molecule is C=C(C=Cc1ccccc1)CCc1ccc(C)cc1. The summed E-state index contributed by atoms with van der Waals surface area (Å²) in [5.74, 6) is 0. The molecule has 19 heavy (non-hydrogen) atoms. The molecule has 0 radical (unpaired) electrons. The van der Waals surface area contributed by atoms with Crippen molar-refractivity contribution in [3.8, 4) is 0 Å². The third-order valence-corrected chi connectivity index (χ3v) is 3.17. The van der Waals surface area contributed by atoms with Crippen LogP contribution in [0.5, 0.6) is 0 Å². The lowest BCUT2D eigenvalue weighted by molar-refractivity contribution is 0.969. The van der Waals surface area contributed by atoms with Gasteiger partial charge in [0.2, 0.25) is 0 Å². The lowest BCUT2D eigenvalue weighted by atomic mass is 10.0. The molecule has 0 aliphatic carbocycles. The van der Waals surface area contributed by atoms with E-state index in [2.05, 4.69) is 74.2 Å². The van der Waals surface area contributed by atoms with Gasteiger partial charge in [0, 0.05) is 0 Å². The molecule has 0 N–H and O–H groups in total. The lowest BCUT2D eigenvalue weighted by Crippen LogP contribution is -1.86. The molecule has 96 valence electrons.